The van der Waals surface area contributed by atoms with Crippen LogP contribution in [0.15, 0.2) is 29.2 Å². The van der Waals surface area contributed by atoms with Gasteiger partial charge in [0.05, 0.1) is 0 Å². The third-order valence-corrected chi connectivity index (χ3v) is 2.34. The molecule has 1 rings (SSSR count). The molecule has 0 heterocycles. The van der Waals surface area contributed by atoms with Gasteiger partial charge in [0, 0.05) is 11.4 Å². The van der Waals surface area contributed by atoms with Crippen molar-refractivity contribution in [2.24, 2.45) is 5.84 Å². The lowest BCUT2D eigenvalue weighted by Crippen LogP contribution is -2.21. The van der Waals surface area contributed by atoms with Crippen LogP contribution in [0.1, 0.15) is 5.56 Å². The number of hydrazine groups is 1. The Bertz CT molecular complexity index is 301. The second-order valence-corrected chi connectivity index (χ2v) is 3.64. The van der Waals surface area contributed by atoms with E-state index in [2.05, 4.69) is 5.43 Å². The number of hydrogen-bond acceptors (Lipinski definition) is 3. The zero-order valence-electron chi connectivity index (χ0n) is 7.14. The third-order valence-electron chi connectivity index (χ3n) is 1.49. The van der Waals surface area contributed by atoms with Gasteiger partial charge in [0.1, 0.15) is 0 Å². The molecule has 78 valence electrons. The van der Waals surface area contributed by atoms with E-state index in [-0.39, 0.29) is 23.2 Å². The predicted molar refractivity (Wildman–Crippen MR) is 49.4 cm³/mol. The molecular formula is C8H9F3N2S. The van der Waals surface area contributed by atoms with E-state index < -0.39 is 5.51 Å². The van der Waals surface area contributed by atoms with Crippen LogP contribution in [0.3, 0.4) is 0 Å². The molecule has 0 aliphatic carbocycles. The smallest absolute Gasteiger partial charge is 0.271 e. The van der Waals surface area contributed by atoms with Gasteiger partial charge >= 0.3 is 5.51 Å². The van der Waals surface area contributed by atoms with Gasteiger partial charge in [-0.25, -0.2) is 0 Å². The highest BCUT2D eigenvalue weighted by Crippen LogP contribution is 2.38. The number of alkyl halides is 3. The summed E-state index contributed by atoms with van der Waals surface area (Å²) >= 11 is -0.128. The molecule has 0 radical (unpaired) electrons. The van der Waals surface area contributed by atoms with Gasteiger partial charge in [-0.1, -0.05) is 18.2 Å². The van der Waals surface area contributed by atoms with Gasteiger partial charge in [0.15, 0.2) is 0 Å². The molecule has 0 aromatic heterocycles. The Kier molecular flexibility index (Phi) is 3.79. The minimum atomic E-state index is -4.26. The number of thioether (sulfide) groups is 1. The highest BCUT2D eigenvalue weighted by atomic mass is 32.2. The van der Waals surface area contributed by atoms with Crippen LogP contribution in [-0.4, -0.2) is 5.51 Å². The first kappa shape index (κ1) is 11.4. The van der Waals surface area contributed by atoms with Crippen molar-refractivity contribution in [3.05, 3.63) is 29.8 Å². The maximum absolute atomic E-state index is 12.1. The standard InChI is InChI=1S/C8H9F3N2S/c9-8(10,11)14-7-4-2-1-3-6(7)5-13-12/h1-4,13H,5,12H2. The van der Waals surface area contributed by atoms with Gasteiger partial charge in [-0.15, -0.1) is 0 Å². The van der Waals surface area contributed by atoms with Crippen molar-refractivity contribution < 1.29 is 13.2 Å². The molecule has 14 heavy (non-hydrogen) atoms. The zero-order valence-corrected chi connectivity index (χ0v) is 7.95. The molecule has 1 aromatic carbocycles. The van der Waals surface area contributed by atoms with Crippen LogP contribution in [-0.2, 0) is 6.54 Å². The Morgan fingerprint density at radius 2 is 1.93 bits per heavy atom. The zero-order chi connectivity index (χ0) is 10.6. The molecule has 0 aliphatic rings. The van der Waals surface area contributed by atoms with Crippen LogP contribution < -0.4 is 11.3 Å². The number of halogens is 3. The predicted octanol–water partition coefficient (Wildman–Crippen LogP) is 2.26. The van der Waals surface area contributed by atoms with Gasteiger partial charge in [-0.2, -0.15) is 13.2 Å². The number of benzene rings is 1. The Hall–Kier alpha value is -0.720. The van der Waals surface area contributed by atoms with Crippen molar-refractivity contribution in [3.63, 3.8) is 0 Å². The molecule has 1 aromatic rings. The van der Waals surface area contributed by atoms with Crippen LogP contribution in [0.5, 0.6) is 0 Å². The summed E-state index contributed by atoms with van der Waals surface area (Å²) in [5, 5.41) is 0. The minimum absolute atomic E-state index is 0.128. The summed E-state index contributed by atoms with van der Waals surface area (Å²) in [6.45, 7) is 0.221. The fourth-order valence-corrected chi connectivity index (χ4v) is 1.65. The monoisotopic (exact) mass is 222 g/mol. The van der Waals surface area contributed by atoms with E-state index in [1.807, 2.05) is 0 Å². The highest BCUT2D eigenvalue weighted by molar-refractivity contribution is 8.00. The molecule has 0 atom stereocenters. The summed E-state index contributed by atoms with van der Waals surface area (Å²) in [7, 11) is 0. The maximum Gasteiger partial charge on any atom is 0.446 e. The first-order valence-electron chi connectivity index (χ1n) is 3.80. The quantitative estimate of drug-likeness (QED) is 0.468. The normalized spacial score (nSPS) is 11.7. The van der Waals surface area contributed by atoms with Crippen LogP contribution in [0.2, 0.25) is 0 Å². The highest BCUT2D eigenvalue weighted by Gasteiger charge is 2.30. The number of nitrogens with two attached hydrogens (primary N) is 1. The molecule has 2 nitrogen and oxygen atoms in total. The van der Waals surface area contributed by atoms with Crippen molar-refractivity contribution in [3.8, 4) is 0 Å². The van der Waals surface area contributed by atoms with E-state index >= 15 is 0 Å². The second kappa shape index (κ2) is 4.68. The largest absolute Gasteiger partial charge is 0.446 e. The molecule has 3 N–H and O–H groups in total. The van der Waals surface area contributed by atoms with Gasteiger partial charge in [0.25, 0.3) is 0 Å². The van der Waals surface area contributed by atoms with Crippen molar-refractivity contribution in [2.45, 2.75) is 16.9 Å². The van der Waals surface area contributed by atoms with E-state index in [4.69, 9.17) is 5.84 Å². The van der Waals surface area contributed by atoms with Gasteiger partial charge in [0.2, 0.25) is 0 Å². The van der Waals surface area contributed by atoms with Gasteiger partial charge in [-0.3, -0.25) is 11.3 Å². The molecular weight excluding hydrogens is 213 g/mol. The number of rotatable bonds is 3. The van der Waals surface area contributed by atoms with Crippen LogP contribution in [0.4, 0.5) is 13.2 Å². The first-order valence-corrected chi connectivity index (χ1v) is 4.61. The van der Waals surface area contributed by atoms with E-state index in [0.717, 1.165) is 0 Å². The Morgan fingerprint density at radius 1 is 1.29 bits per heavy atom. The molecule has 0 bridgehead atoms. The van der Waals surface area contributed by atoms with Crippen molar-refractivity contribution >= 4 is 11.8 Å². The first-order chi connectivity index (χ1) is 6.53. The summed E-state index contributed by atoms with van der Waals surface area (Å²) in [4.78, 5) is 0.179. The molecule has 0 saturated carbocycles. The molecule has 6 heteroatoms. The molecule has 0 saturated heterocycles. The summed E-state index contributed by atoms with van der Waals surface area (Å²) < 4.78 is 36.2. The van der Waals surface area contributed by atoms with E-state index in [9.17, 15) is 13.2 Å². The van der Waals surface area contributed by atoms with E-state index in [0.29, 0.717) is 5.56 Å². The second-order valence-electron chi connectivity index (χ2n) is 2.54. The van der Waals surface area contributed by atoms with Crippen LogP contribution >= 0.6 is 11.8 Å². The van der Waals surface area contributed by atoms with Gasteiger partial charge < -0.3 is 0 Å². The van der Waals surface area contributed by atoms with Gasteiger partial charge in [-0.05, 0) is 23.4 Å². The van der Waals surface area contributed by atoms with Crippen LogP contribution in [0, 0.1) is 0 Å². The Morgan fingerprint density at radius 3 is 2.50 bits per heavy atom. The van der Waals surface area contributed by atoms with Crippen molar-refractivity contribution in [2.75, 3.05) is 0 Å². The Labute approximate surface area is 83.6 Å². The van der Waals surface area contributed by atoms with Crippen molar-refractivity contribution in [1.82, 2.24) is 5.43 Å². The third kappa shape index (κ3) is 3.57. The summed E-state index contributed by atoms with van der Waals surface area (Å²) in [6, 6.07) is 6.26. The fraction of sp³-hybridized carbons (Fsp3) is 0.250. The molecule has 0 aliphatic heterocycles. The molecule has 0 amide bonds. The lowest BCUT2D eigenvalue weighted by atomic mass is 10.2. The summed E-state index contributed by atoms with van der Waals surface area (Å²) in [6.07, 6.45) is 0. The lowest BCUT2D eigenvalue weighted by Gasteiger charge is -2.10. The summed E-state index contributed by atoms with van der Waals surface area (Å²) in [5.74, 6) is 5.05. The average molecular weight is 222 g/mol. The minimum Gasteiger partial charge on any atom is -0.271 e. The topological polar surface area (TPSA) is 38.0 Å². The SMILES string of the molecule is NNCc1ccccc1SC(F)(F)F. The lowest BCUT2D eigenvalue weighted by molar-refractivity contribution is -0.0328. The van der Waals surface area contributed by atoms with Crippen LogP contribution in [0.25, 0.3) is 0 Å². The Balaban J connectivity index is 2.84. The van der Waals surface area contributed by atoms with E-state index in [1.54, 1.807) is 18.2 Å². The summed E-state index contributed by atoms with van der Waals surface area (Å²) in [5.41, 5.74) is -1.39. The molecule has 0 spiro atoms. The van der Waals surface area contributed by atoms with Crippen molar-refractivity contribution in [1.29, 1.82) is 0 Å². The van der Waals surface area contributed by atoms with E-state index in [1.165, 1.54) is 6.07 Å². The maximum atomic E-state index is 12.1. The molecule has 0 fully saturated rings. The molecule has 0 unspecified atom stereocenters. The fourth-order valence-electron chi connectivity index (χ4n) is 0.984. The number of hydrogen-bond donors (Lipinski definition) is 2. The average Bonchev–Trinajstić information content (AvgIpc) is 2.06. The number of nitrogens with one attached hydrogen (secondary N) is 1.